The number of aromatic nitrogens is 4. The van der Waals surface area contributed by atoms with Crippen molar-refractivity contribution < 1.29 is 8.78 Å². The molecule has 0 aliphatic carbocycles. The Morgan fingerprint density at radius 2 is 1.65 bits per heavy atom. The van der Waals surface area contributed by atoms with Crippen LogP contribution in [-0.4, -0.2) is 32.7 Å². The molecule has 1 saturated heterocycles. The Kier molecular flexibility index (Phi) is 4.48. The van der Waals surface area contributed by atoms with Crippen molar-refractivity contribution in [1.29, 1.82) is 0 Å². The summed E-state index contributed by atoms with van der Waals surface area (Å²) in [6, 6.07) is 2.60. The van der Waals surface area contributed by atoms with Crippen LogP contribution in [0.4, 0.5) is 14.6 Å². The maximum Gasteiger partial charge on any atom is 0.255 e. The van der Waals surface area contributed by atoms with Crippen molar-refractivity contribution in [2.24, 2.45) is 0 Å². The summed E-state index contributed by atoms with van der Waals surface area (Å²) >= 11 is 6.39. The second-order valence-electron chi connectivity index (χ2n) is 6.58. The first-order chi connectivity index (χ1) is 12.6. The van der Waals surface area contributed by atoms with Crippen LogP contribution in [0.15, 0.2) is 18.5 Å². The fourth-order valence-electron chi connectivity index (χ4n) is 3.53. The number of fused-ring (bicyclic) bond motifs is 1. The molecule has 0 radical (unpaired) electrons. The molecule has 0 bridgehead atoms. The van der Waals surface area contributed by atoms with Gasteiger partial charge in [-0.05, 0) is 37.5 Å². The fraction of sp³-hybridized carbons (Fsp3) is 0.389. The Morgan fingerprint density at radius 3 is 2.31 bits per heavy atom. The van der Waals surface area contributed by atoms with E-state index in [9.17, 15) is 8.78 Å². The van der Waals surface area contributed by atoms with Gasteiger partial charge in [-0.3, -0.25) is 0 Å². The summed E-state index contributed by atoms with van der Waals surface area (Å²) in [4.78, 5) is 10.4. The SMILES string of the molecule is Cc1cc(F)c(-c2c(Cl)nc3ncnn3c2N2CCCCCC2)c(F)c1. The predicted molar refractivity (Wildman–Crippen MR) is 96.6 cm³/mol. The molecule has 0 unspecified atom stereocenters. The van der Waals surface area contributed by atoms with Crippen molar-refractivity contribution in [3.8, 4) is 11.1 Å². The Balaban J connectivity index is 2.03. The lowest BCUT2D eigenvalue weighted by molar-refractivity contribution is 0.587. The molecule has 3 heterocycles. The van der Waals surface area contributed by atoms with Crippen molar-refractivity contribution >= 4 is 23.2 Å². The van der Waals surface area contributed by atoms with Gasteiger partial charge in [0.1, 0.15) is 28.9 Å². The third-order valence-corrected chi connectivity index (χ3v) is 4.97. The molecule has 0 saturated carbocycles. The van der Waals surface area contributed by atoms with E-state index in [0.29, 0.717) is 17.2 Å². The van der Waals surface area contributed by atoms with Gasteiger partial charge in [0.2, 0.25) is 0 Å². The van der Waals surface area contributed by atoms with Crippen LogP contribution < -0.4 is 4.90 Å². The molecule has 0 N–H and O–H groups in total. The minimum absolute atomic E-state index is 0.0198. The van der Waals surface area contributed by atoms with Crippen LogP contribution in [0.5, 0.6) is 0 Å². The predicted octanol–water partition coefficient (Wildman–Crippen LogP) is 4.41. The molecular formula is C18H18ClF2N5. The smallest absolute Gasteiger partial charge is 0.255 e. The molecule has 0 spiro atoms. The maximum absolute atomic E-state index is 14.7. The molecule has 0 amide bonds. The zero-order valence-corrected chi connectivity index (χ0v) is 15.1. The summed E-state index contributed by atoms with van der Waals surface area (Å²) in [7, 11) is 0. The minimum Gasteiger partial charge on any atom is -0.356 e. The first kappa shape index (κ1) is 17.1. The van der Waals surface area contributed by atoms with Gasteiger partial charge in [-0.2, -0.15) is 19.6 Å². The van der Waals surface area contributed by atoms with E-state index in [0.717, 1.165) is 38.8 Å². The topological polar surface area (TPSA) is 46.3 Å². The number of hydrogen-bond donors (Lipinski definition) is 0. The van der Waals surface area contributed by atoms with Crippen molar-refractivity contribution in [2.75, 3.05) is 18.0 Å². The van der Waals surface area contributed by atoms with Gasteiger partial charge in [0.15, 0.2) is 0 Å². The van der Waals surface area contributed by atoms with Crippen molar-refractivity contribution in [2.45, 2.75) is 32.6 Å². The number of aryl methyl sites for hydroxylation is 1. The van der Waals surface area contributed by atoms with Crippen LogP contribution >= 0.6 is 11.6 Å². The molecule has 1 aromatic carbocycles. The van der Waals surface area contributed by atoms with Crippen LogP contribution in [0, 0.1) is 18.6 Å². The monoisotopic (exact) mass is 377 g/mol. The molecule has 8 heteroatoms. The number of hydrogen-bond acceptors (Lipinski definition) is 4. The Labute approximate surface area is 154 Å². The molecule has 2 aromatic heterocycles. The highest BCUT2D eigenvalue weighted by Gasteiger charge is 2.27. The van der Waals surface area contributed by atoms with E-state index in [2.05, 4.69) is 20.0 Å². The summed E-state index contributed by atoms with van der Waals surface area (Å²) in [5, 5.41) is 4.25. The summed E-state index contributed by atoms with van der Waals surface area (Å²) < 4.78 is 31.0. The van der Waals surface area contributed by atoms with Gasteiger partial charge >= 0.3 is 0 Å². The minimum atomic E-state index is -0.665. The van der Waals surface area contributed by atoms with E-state index < -0.39 is 11.6 Å². The molecule has 0 atom stereocenters. The molecule has 3 aromatic rings. The third kappa shape index (κ3) is 2.90. The standard InChI is InChI=1S/C18H18ClF2N5/c1-11-8-12(20)14(13(21)9-11)15-16(19)24-18-22-10-23-26(18)17(15)25-6-4-2-3-5-7-25/h8-10H,2-7H2,1H3. The van der Waals surface area contributed by atoms with Gasteiger partial charge < -0.3 is 4.90 Å². The molecule has 1 fully saturated rings. The fourth-order valence-corrected chi connectivity index (χ4v) is 3.79. The van der Waals surface area contributed by atoms with Crippen LogP contribution in [0.3, 0.4) is 0 Å². The van der Waals surface area contributed by atoms with E-state index >= 15 is 0 Å². The quantitative estimate of drug-likeness (QED) is 0.620. The Bertz CT molecular complexity index is 941. The molecule has 26 heavy (non-hydrogen) atoms. The lowest BCUT2D eigenvalue weighted by Gasteiger charge is -2.26. The lowest BCUT2D eigenvalue weighted by Crippen LogP contribution is -2.27. The third-order valence-electron chi connectivity index (χ3n) is 4.70. The Hall–Kier alpha value is -2.28. The van der Waals surface area contributed by atoms with Gasteiger partial charge in [0.05, 0.1) is 11.1 Å². The molecule has 1 aliphatic heterocycles. The highest BCUT2D eigenvalue weighted by Crippen LogP contribution is 2.40. The molecular weight excluding hydrogens is 360 g/mol. The average molecular weight is 378 g/mol. The summed E-state index contributed by atoms with van der Waals surface area (Å²) in [6.07, 6.45) is 5.60. The van der Waals surface area contributed by atoms with Gasteiger partial charge in [-0.25, -0.2) is 8.78 Å². The zero-order valence-electron chi connectivity index (χ0n) is 14.3. The van der Waals surface area contributed by atoms with E-state index in [1.54, 1.807) is 6.92 Å². The number of anilines is 1. The molecule has 1 aliphatic rings. The van der Waals surface area contributed by atoms with Gasteiger partial charge in [-0.15, -0.1) is 0 Å². The van der Waals surface area contributed by atoms with Crippen molar-refractivity contribution in [3.05, 3.63) is 40.8 Å². The first-order valence-electron chi connectivity index (χ1n) is 8.66. The molecule has 5 nitrogen and oxygen atoms in total. The van der Waals surface area contributed by atoms with Gasteiger partial charge in [-0.1, -0.05) is 24.4 Å². The van der Waals surface area contributed by atoms with E-state index in [1.807, 2.05) is 0 Å². The van der Waals surface area contributed by atoms with E-state index in [4.69, 9.17) is 11.6 Å². The van der Waals surface area contributed by atoms with E-state index in [-0.39, 0.29) is 16.3 Å². The van der Waals surface area contributed by atoms with Crippen LogP contribution in [0.25, 0.3) is 16.9 Å². The summed E-state index contributed by atoms with van der Waals surface area (Å²) in [5.74, 6) is -0.476. The van der Waals surface area contributed by atoms with Crippen LogP contribution in [-0.2, 0) is 0 Å². The number of nitrogens with zero attached hydrogens (tertiary/aromatic N) is 5. The highest BCUT2D eigenvalue weighted by atomic mass is 35.5. The van der Waals surface area contributed by atoms with Crippen molar-refractivity contribution in [3.63, 3.8) is 0 Å². The van der Waals surface area contributed by atoms with E-state index in [1.165, 1.54) is 23.0 Å². The molecule has 4 rings (SSSR count). The largest absolute Gasteiger partial charge is 0.356 e. The highest BCUT2D eigenvalue weighted by molar-refractivity contribution is 6.33. The number of benzene rings is 1. The lowest BCUT2D eigenvalue weighted by atomic mass is 10.0. The summed E-state index contributed by atoms with van der Waals surface area (Å²) in [5.41, 5.74) is 0.553. The normalized spacial score (nSPS) is 15.5. The summed E-state index contributed by atoms with van der Waals surface area (Å²) in [6.45, 7) is 3.17. The number of rotatable bonds is 2. The zero-order chi connectivity index (χ0) is 18.3. The molecule has 136 valence electrons. The van der Waals surface area contributed by atoms with Crippen LogP contribution in [0.1, 0.15) is 31.2 Å². The Morgan fingerprint density at radius 1 is 1.00 bits per heavy atom. The van der Waals surface area contributed by atoms with Crippen molar-refractivity contribution in [1.82, 2.24) is 19.6 Å². The maximum atomic E-state index is 14.7. The van der Waals surface area contributed by atoms with Gasteiger partial charge in [0, 0.05) is 13.1 Å². The second-order valence-corrected chi connectivity index (χ2v) is 6.94. The van der Waals surface area contributed by atoms with Crippen LogP contribution in [0.2, 0.25) is 5.15 Å². The first-order valence-corrected chi connectivity index (χ1v) is 9.04. The number of halogens is 3. The van der Waals surface area contributed by atoms with Gasteiger partial charge in [0.25, 0.3) is 5.78 Å². The average Bonchev–Trinajstić information content (AvgIpc) is 2.87. The second kappa shape index (κ2) is 6.79.